The lowest BCUT2D eigenvalue weighted by molar-refractivity contribution is -0.162. The van der Waals surface area contributed by atoms with Crippen LogP contribution in [0, 0.1) is 12.3 Å². The number of likely N-dealkylation sites (N-methyl/N-ethyl adjacent to an activating group) is 1. The van der Waals surface area contributed by atoms with E-state index in [2.05, 4.69) is 18.8 Å². The second kappa shape index (κ2) is 5.82. The summed E-state index contributed by atoms with van der Waals surface area (Å²) in [7, 11) is 1.90. The Balaban J connectivity index is 1.95. The third kappa shape index (κ3) is 2.88. The molecule has 0 unspecified atom stereocenters. The Labute approximate surface area is 125 Å². The summed E-state index contributed by atoms with van der Waals surface area (Å²) in [5, 5.41) is 2.98. The highest BCUT2D eigenvalue weighted by Crippen LogP contribution is 2.45. The molecule has 0 radical (unpaired) electrons. The molecule has 20 heavy (non-hydrogen) atoms. The first-order valence-corrected chi connectivity index (χ1v) is 8.02. The molecule has 0 aliphatic heterocycles. The Morgan fingerprint density at radius 2 is 2.30 bits per heavy atom. The van der Waals surface area contributed by atoms with E-state index >= 15 is 0 Å². The summed E-state index contributed by atoms with van der Waals surface area (Å²) >= 11 is 1.59. The molecule has 2 atom stereocenters. The maximum atomic E-state index is 12.4. The van der Waals surface area contributed by atoms with Gasteiger partial charge in [0.1, 0.15) is 0 Å². The molecule has 112 valence electrons. The second-order valence-corrected chi connectivity index (χ2v) is 7.12. The molecule has 1 saturated carbocycles. The molecular weight excluding hydrogens is 272 g/mol. The Kier molecular flexibility index (Phi) is 4.49. The van der Waals surface area contributed by atoms with Crippen molar-refractivity contribution in [3.8, 4) is 0 Å². The minimum atomic E-state index is 0.0262. The predicted octanol–water partition coefficient (Wildman–Crippen LogP) is 2.66. The second-order valence-electron chi connectivity index (χ2n) is 6.06. The predicted molar refractivity (Wildman–Crippen MR) is 80.9 cm³/mol. The van der Waals surface area contributed by atoms with E-state index < -0.39 is 0 Å². The number of aromatic nitrogens is 1. The molecule has 1 aromatic heterocycles. The summed E-state index contributed by atoms with van der Waals surface area (Å²) in [5.41, 5.74) is 0.904. The molecule has 1 fully saturated rings. The first kappa shape index (κ1) is 15.4. The number of hydrogen-bond donors (Lipinski definition) is 0. The van der Waals surface area contributed by atoms with Crippen molar-refractivity contribution in [3.63, 3.8) is 0 Å². The molecule has 1 heterocycles. The van der Waals surface area contributed by atoms with E-state index in [1.165, 1.54) is 0 Å². The van der Waals surface area contributed by atoms with Crippen molar-refractivity contribution in [1.29, 1.82) is 0 Å². The van der Waals surface area contributed by atoms with Crippen LogP contribution in [0.15, 0.2) is 5.38 Å². The van der Waals surface area contributed by atoms with Gasteiger partial charge in [0.05, 0.1) is 23.2 Å². The lowest BCUT2D eigenvalue weighted by Crippen LogP contribution is -2.62. The van der Waals surface area contributed by atoms with Crippen molar-refractivity contribution in [1.82, 2.24) is 9.88 Å². The molecule has 0 N–H and O–H groups in total. The fourth-order valence-electron chi connectivity index (χ4n) is 2.95. The van der Waals surface area contributed by atoms with Crippen LogP contribution in [0.1, 0.15) is 37.9 Å². The standard InChI is InChI=1S/C15H24N2O2S/c1-6-19-13-8-12(15(13,3)4)17(5)14(18)7-11-9-20-10(2)16-11/h9,12-13H,6-8H2,1-5H3/t12-,13-/m0/s1. The smallest absolute Gasteiger partial charge is 0.228 e. The van der Waals surface area contributed by atoms with Crippen molar-refractivity contribution in [2.45, 2.75) is 52.7 Å². The summed E-state index contributed by atoms with van der Waals surface area (Å²) in [6.07, 6.45) is 1.58. The van der Waals surface area contributed by atoms with E-state index in [1.807, 2.05) is 31.2 Å². The van der Waals surface area contributed by atoms with Crippen molar-refractivity contribution < 1.29 is 9.53 Å². The zero-order chi connectivity index (χ0) is 14.9. The number of carbonyl (C=O) groups is 1. The molecule has 0 bridgehead atoms. The minimum Gasteiger partial charge on any atom is -0.378 e. The van der Waals surface area contributed by atoms with E-state index in [-0.39, 0.29) is 23.5 Å². The molecule has 1 aromatic rings. The van der Waals surface area contributed by atoms with E-state index in [1.54, 1.807) is 11.3 Å². The van der Waals surface area contributed by atoms with Crippen molar-refractivity contribution >= 4 is 17.2 Å². The lowest BCUT2D eigenvalue weighted by Gasteiger charge is -2.54. The van der Waals surface area contributed by atoms with Gasteiger partial charge in [-0.2, -0.15) is 0 Å². The lowest BCUT2D eigenvalue weighted by atomic mass is 9.63. The number of nitrogens with zero attached hydrogens (tertiary/aromatic N) is 2. The molecule has 1 aliphatic carbocycles. The molecular formula is C15H24N2O2S. The minimum absolute atomic E-state index is 0.0262. The SMILES string of the molecule is CCO[C@H]1C[C@H](N(C)C(=O)Cc2csc(C)n2)C1(C)C. The van der Waals surface area contributed by atoms with Gasteiger partial charge >= 0.3 is 0 Å². The molecule has 0 saturated heterocycles. The van der Waals surface area contributed by atoms with Crippen LogP contribution in [0.2, 0.25) is 0 Å². The van der Waals surface area contributed by atoms with Gasteiger partial charge in [-0.05, 0) is 20.3 Å². The Hall–Kier alpha value is -0.940. The van der Waals surface area contributed by atoms with Crippen LogP contribution in [0.25, 0.3) is 0 Å². The third-order valence-corrected chi connectivity index (χ3v) is 5.18. The quantitative estimate of drug-likeness (QED) is 0.839. The summed E-state index contributed by atoms with van der Waals surface area (Å²) in [4.78, 5) is 18.6. The van der Waals surface area contributed by atoms with Crippen molar-refractivity contribution in [2.75, 3.05) is 13.7 Å². The first-order valence-electron chi connectivity index (χ1n) is 7.14. The zero-order valence-corrected chi connectivity index (χ0v) is 13.8. The van der Waals surface area contributed by atoms with Crippen molar-refractivity contribution in [2.24, 2.45) is 5.41 Å². The monoisotopic (exact) mass is 296 g/mol. The van der Waals surface area contributed by atoms with E-state index in [0.717, 1.165) is 23.7 Å². The van der Waals surface area contributed by atoms with E-state index in [0.29, 0.717) is 6.42 Å². The largest absolute Gasteiger partial charge is 0.378 e. The fourth-order valence-corrected chi connectivity index (χ4v) is 3.56. The number of amides is 1. The number of aryl methyl sites for hydroxylation is 1. The molecule has 0 aromatic carbocycles. The first-order chi connectivity index (χ1) is 9.36. The van der Waals surface area contributed by atoms with Crippen molar-refractivity contribution in [3.05, 3.63) is 16.1 Å². The number of rotatable bonds is 5. The van der Waals surface area contributed by atoms with E-state index in [4.69, 9.17) is 4.74 Å². The highest BCUT2D eigenvalue weighted by atomic mass is 32.1. The van der Waals surface area contributed by atoms with Gasteiger partial charge in [-0.3, -0.25) is 4.79 Å². The molecule has 4 nitrogen and oxygen atoms in total. The van der Waals surface area contributed by atoms with Gasteiger partial charge in [-0.25, -0.2) is 4.98 Å². The van der Waals surface area contributed by atoms with Crippen LogP contribution in [0.3, 0.4) is 0 Å². The number of carbonyl (C=O) groups excluding carboxylic acids is 1. The molecule has 1 aliphatic rings. The van der Waals surface area contributed by atoms with Gasteiger partial charge in [0.2, 0.25) is 5.91 Å². The topological polar surface area (TPSA) is 42.4 Å². The van der Waals surface area contributed by atoms with Gasteiger partial charge in [0.15, 0.2) is 0 Å². The highest BCUT2D eigenvalue weighted by Gasteiger charge is 2.51. The van der Waals surface area contributed by atoms with Gasteiger partial charge < -0.3 is 9.64 Å². The van der Waals surface area contributed by atoms with Crippen LogP contribution in [-0.2, 0) is 16.0 Å². The summed E-state index contributed by atoms with van der Waals surface area (Å²) < 4.78 is 5.73. The maximum absolute atomic E-state index is 12.4. The van der Waals surface area contributed by atoms with Crippen LogP contribution < -0.4 is 0 Å². The summed E-state index contributed by atoms with van der Waals surface area (Å²) in [5.74, 6) is 0.142. The van der Waals surface area contributed by atoms with E-state index in [9.17, 15) is 4.79 Å². The van der Waals surface area contributed by atoms with Crippen LogP contribution in [-0.4, -0.2) is 41.6 Å². The normalized spacial score (nSPS) is 24.2. The van der Waals surface area contributed by atoms with Gasteiger partial charge in [-0.1, -0.05) is 13.8 Å². The molecule has 2 rings (SSSR count). The fraction of sp³-hybridized carbons (Fsp3) is 0.733. The third-order valence-electron chi connectivity index (χ3n) is 4.35. The number of hydrogen-bond acceptors (Lipinski definition) is 4. The molecule has 1 amide bonds. The van der Waals surface area contributed by atoms with Crippen LogP contribution >= 0.6 is 11.3 Å². The van der Waals surface area contributed by atoms with Crippen LogP contribution in [0.5, 0.6) is 0 Å². The highest BCUT2D eigenvalue weighted by molar-refractivity contribution is 7.09. The summed E-state index contributed by atoms with van der Waals surface area (Å²) in [6.45, 7) is 9.07. The maximum Gasteiger partial charge on any atom is 0.228 e. The Morgan fingerprint density at radius 1 is 1.60 bits per heavy atom. The summed E-state index contributed by atoms with van der Waals surface area (Å²) in [6, 6.07) is 0.256. The van der Waals surface area contributed by atoms with Crippen LogP contribution in [0.4, 0.5) is 0 Å². The average Bonchev–Trinajstić information content (AvgIpc) is 2.78. The van der Waals surface area contributed by atoms with Gasteiger partial charge in [0, 0.05) is 30.5 Å². The number of thiazole rings is 1. The Morgan fingerprint density at radius 3 is 2.80 bits per heavy atom. The Bertz CT molecular complexity index is 484. The van der Waals surface area contributed by atoms with Gasteiger partial charge in [-0.15, -0.1) is 11.3 Å². The molecule has 5 heteroatoms. The van der Waals surface area contributed by atoms with Gasteiger partial charge in [0.25, 0.3) is 0 Å². The average molecular weight is 296 g/mol. The zero-order valence-electron chi connectivity index (χ0n) is 13.0. The number of ether oxygens (including phenoxy) is 1. The molecule has 0 spiro atoms.